The number of carbonyl (C=O) groups is 1. The second kappa shape index (κ2) is 8.43. The monoisotopic (exact) mass is 432 g/mol. The van der Waals surface area contributed by atoms with Crippen LogP contribution in [0.2, 0.25) is 0 Å². The lowest BCUT2D eigenvalue weighted by molar-refractivity contribution is -0.117. The van der Waals surface area contributed by atoms with Gasteiger partial charge >= 0.3 is 0 Å². The number of likely N-dealkylation sites (N-methyl/N-ethyl adjacent to an activating group) is 1. The van der Waals surface area contributed by atoms with Gasteiger partial charge in [0.1, 0.15) is 12.4 Å². The number of anilines is 1. The van der Waals surface area contributed by atoms with E-state index in [0.717, 1.165) is 35.2 Å². The number of aromatic nitrogens is 4. The van der Waals surface area contributed by atoms with Crippen LogP contribution in [0.5, 0.6) is 5.88 Å². The lowest BCUT2D eigenvalue weighted by Gasteiger charge is -2.15. The van der Waals surface area contributed by atoms with Crippen LogP contribution in [0, 0.1) is 12.8 Å². The summed E-state index contributed by atoms with van der Waals surface area (Å²) in [5.74, 6) is 1.79. The molecule has 5 rings (SSSR count). The molecule has 0 aromatic carbocycles. The third kappa shape index (κ3) is 4.06. The molecular formula is C23H24N6O3. The molecule has 0 unspecified atom stereocenters. The van der Waals surface area contributed by atoms with Crippen LogP contribution in [0.4, 0.5) is 5.82 Å². The van der Waals surface area contributed by atoms with Crippen LogP contribution in [-0.4, -0.2) is 39.3 Å². The van der Waals surface area contributed by atoms with E-state index < -0.39 is 0 Å². The van der Waals surface area contributed by atoms with Gasteiger partial charge in [-0.3, -0.25) is 9.78 Å². The summed E-state index contributed by atoms with van der Waals surface area (Å²) < 4.78 is 13.2. The molecule has 1 atom stereocenters. The average Bonchev–Trinajstić information content (AvgIpc) is 3.49. The van der Waals surface area contributed by atoms with Gasteiger partial charge in [-0.2, -0.15) is 5.10 Å². The Balaban J connectivity index is 1.37. The van der Waals surface area contributed by atoms with E-state index in [2.05, 4.69) is 25.9 Å². The standard InChI is InChI=1S/C23H24N6O3/c1-14-21(23(28-32-14)31-13-19(24-2)18-5-3-4-9-25-18)16-8-10-29-17(11-16)12-20(27-29)26-22(30)15-6-7-15/h3-5,8-12,15,19,24H,6-7,13H2,1-2H3,(H,26,27,30)/t19-/m1/s1. The summed E-state index contributed by atoms with van der Waals surface area (Å²) in [4.78, 5) is 16.4. The second-order valence-electron chi connectivity index (χ2n) is 7.90. The van der Waals surface area contributed by atoms with Gasteiger partial charge in [-0.25, -0.2) is 4.52 Å². The number of carbonyl (C=O) groups excluding carboxylic acids is 1. The van der Waals surface area contributed by atoms with Crippen molar-refractivity contribution in [1.82, 2.24) is 25.1 Å². The van der Waals surface area contributed by atoms with Crippen LogP contribution in [-0.2, 0) is 4.79 Å². The number of rotatable bonds is 8. The third-order valence-corrected chi connectivity index (χ3v) is 5.56. The predicted octanol–water partition coefficient (Wildman–Crippen LogP) is 3.38. The number of aryl methyl sites for hydroxylation is 1. The van der Waals surface area contributed by atoms with Gasteiger partial charge in [-0.15, -0.1) is 0 Å². The normalized spacial score (nSPS) is 14.4. The molecule has 9 heteroatoms. The molecule has 1 amide bonds. The zero-order valence-corrected chi connectivity index (χ0v) is 17.9. The Morgan fingerprint density at radius 2 is 2.19 bits per heavy atom. The van der Waals surface area contributed by atoms with E-state index in [4.69, 9.17) is 9.26 Å². The summed E-state index contributed by atoms with van der Waals surface area (Å²) in [5, 5.41) is 14.7. The van der Waals surface area contributed by atoms with E-state index in [9.17, 15) is 4.79 Å². The van der Waals surface area contributed by atoms with Crippen LogP contribution < -0.4 is 15.4 Å². The van der Waals surface area contributed by atoms with Crippen molar-refractivity contribution >= 4 is 17.2 Å². The van der Waals surface area contributed by atoms with Crippen LogP contribution in [0.1, 0.15) is 30.3 Å². The summed E-state index contributed by atoms with van der Waals surface area (Å²) >= 11 is 0. The van der Waals surface area contributed by atoms with Crippen molar-refractivity contribution in [3.8, 4) is 17.0 Å². The molecule has 0 radical (unpaired) electrons. The molecule has 0 saturated heterocycles. The number of nitrogens with one attached hydrogen (secondary N) is 2. The maximum Gasteiger partial charge on any atom is 0.262 e. The van der Waals surface area contributed by atoms with Gasteiger partial charge in [0.05, 0.1) is 22.8 Å². The molecule has 1 aliphatic carbocycles. The summed E-state index contributed by atoms with van der Waals surface area (Å²) in [6.07, 6.45) is 5.51. The molecule has 2 N–H and O–H groups in total. The van der Waals surface area contributed by atoms with E-state index in [1.54, 1.807) is 10.7 Å². The first-order chi connectivity index (χ1) is 15.6. The molecule has 4 aromatic heterocycles. The van der Waals surface area contributed by atoms with Crippen molar-refractivity contribution < 1.29 is 14.1 Å². The molecule has 32 heavy (non-hydrogen) atoms. The van der Waals surface area contributed by atoms with E-state index in [0.29, 0.717) is 24.1 Å². The topological polar surface area (TPSA) is 107 Å². The first kappa shape index (κ1) is 20.2. The van der Waals surface area contributed by atoms with Crippen LogP contribution >= 0.6 is 0 Å². The van der Waals surface area contributed by atoms with Gasteiger partial charge in [0.25, 0.3) is 5.88 Å². The number of amides is 1. The predicted molar refractivity (Wildman–Crippen MR) is 118 cm³/mol. The Bertz CT molecular complexity index is 1250. The van der Waals surface area contributed by atoms with Crippen molar-refractivity contribution in [2.45, 2.75) is 25.8 Å². The smallest absolute Gasteiger partial charge is 0.262 e. The molecule has 0 aliphatic heterocycles. The molecule has 4 aromatic rings. The average molecular weight is 432 g/mol. The Morgan fingerprint density at radius 1 is 1.31 bits per heavy atom. The highest BCUT2D eigenvalue weighted by atomic mass is 16.5. The first-order valence-corrected chi connectivity index (χ1v) is 10.6. The Hall–Kier alpha value is -3.72. The maximum atomic E-state index is 12.0. The Labute approximate surface area is 184 Å². The molecule has 4 heterocycles. The van der Waals surface area contributed by atoms with Crippen LogP contribution in [0.15, 0.2) is 53.3 Å². The summed E-state index contributed by atoms with van der Waals surface area (Å²) in [6.45, 7) is 2.20. The second-order valence-corrected chi connectivity index (χ2v) is 7.90. The zero-order chi connectivity index (χ0) is 22.1. The van der Waals surface area contributed by atoms with Crippen molar-refractivity contribution in [2.75, 3.05) is 19.0 Å². The van der Waals surface area contributed by atoms with Gasteiger partial charge in [-0.05, 0) is 61.8 Å². The third-order valence-electron chi connectivity index (χ3n) is 5.56. The lowest BCUT2D eigenvalue weighted by atomic mass is 10.1. The molecule has 1 saturated carbocycles. The van der Waals surface area contributed by atoms with Gasteiger partial charge < -0.3 is 19.9 Å². The maximum absolute atomic E-state index is 12.0. The molecule has 0 bridgehead atoms. The van der Waals surface area contributed by atoms with Gasteiger partial charge in [-0.1, -0.05) is 6.07 Å². The summed E-state index contributed by atoms with van der Waals surface area (Å²) in [7, 11) is 1.87. The molecule has 1 aliphatic rings. The first-order valence-electron chi connectivity index (χ1n) is 10.6. The zero-order valence-electron chi connectivity index (χ0n) is 17.9. The highest BCUT2D eigenvalue weighted by Gasteiger charge is 2.30. The van der Waals surface area contributed by atoms with Crippen molar-refractivity contribution in [2.24, 2.45) is 5.92 Å². The van der Waals surface area contributed by atoms with E-state index in [1.807, 2.05) is 56.6 Å². The van der Waals surface area contributed by atoms with Crippen molar-refractivity contribution in [3.63, 3.8) is 0 Å². The van der Waals surface area contributed by atoms with Crippen LogP contribution in [0.25, 0.3) is 16.6 Å². The number of fused-ring (bicyclic) bond motifs is 1. The minimum absolute atomic E-state index is 0.0335. The van der Waals surface area contributed by atoms with Crippen LogP contribution in [0.3, 0.4) is 0 Å². The quantitative estimate of drug-likeness (QED) is 0.440. The number of hydrogen-bond acceptors (Lipinski definition) is 7. The van der Waals surface area contributed by atoms with Gasteiger partial charge in [0, 0.05) is 24.4 Å². The van der Waals surface area contributed by atoms with Crippen molar-refractivity contribution in [1.29, 1.82) is 0 Å². The minimum Gasteiger partial charge on any atom is -0.473 e. The minimum atomic E-state index is -0.0870. The lowest BCUT2D eigenvalue weighted by Crippen LogP contribution is -2.24. The Kier molecular flexibility index (Phi) is 5.32. The molecule has 1 fully saturated rings. The fourth-order valence-corrected chi connectivity index (χ4v) is 3.62. The van der Waals surface area contributed by atoms with E-state index >= 15 is 0 Å². The largest absolute Gasteiger partial charge is 0.473 e. The highest BCUT2D eigenvalue weighted by Crippen LogP contribution is 2.34. The fraction of sp³-hybridized carbons (Fsp3) is 0.304. The molecule has 164 valence electrons. The number of ether oxygens (including phenoxy) is 1. The van der Waals surface area contributed by atoms with Gasteiger partial charge in [0.15, 0.2) is 5.82 Å². The van der Waals surface area contributed by atoms with Crippen molar-refractivity contribution in [3.05, 3.63) is 60.2 Å². The highest BCUT2D eigenvalue weighted by molar-refractivity contribution is 5.93. The van der Waals surface area contributed by atoms with Gasteiger partial charge in [0.2, 0.25) is 5.91 Å². The summed E-state index contributed by atoms with van der Waals surface area (Å²) in [6, 6.07) is 11.4. The van der Waals surface area contributed by atoms with E-state index in [-0.39, 0.29) is 17.9 Å². The molecule has 9 nitrogen and oxygen atoms in total. The fourth-order valence-electron chi connectivity index (χ4n) is 3.62. The summed E-state index contributed by atoms with van der Waals surface area (Å²) in [5.41, 5.74) is 3.41. The number of nitrogens with zero attached hydrogens (tertiary/aromatic N) is 4. The SMILES string of the molecule is CN[C@H](COc1noc(C)c1-c1ccn2nc(NC(=O)C3CC3)cc2c1)c1ccccn1. The Morgan fingerprint density at radius 3 is 2.94 bits per heavy atom. The number of pyridine rings is 2. The molecular weight excluding hydrogens is 408 g/mol. The number of hydrogen-bond donors (Lipinski definition) is 2. The molecule has 0 spiro atoms. The van der Waals surface area contributed by atoms with E-state index in [1.165, 1.54) is 0 Å².